The molecule has 0 aliphatic carbocycles. The van der Waals surface area contributed by atoms with Gasteiger partial charge in [0.25, 0.3) is 5.56 Å². The molecule has 14 heteroatoms. The van der Waals surface area contributed by atoms with Crippen LogP contribution in [0.3, 0.4) is 0 Å². The monoisotopic (exact) mass is 592 g/mol. The number of carbonyl (C=O) groups is 6. The van der Waals surface area contributed by atoms with Gasteiger partial charge in [-0.05, 0) is 43.7 Å². The van der Waals surface area contributed by atoms with E-state index in [2.05, 4.69) is 16.0 Å². The molecule has 4 N–H and O–H groups in total. The number of ether oxygens (including phenoxy) is 2. The number of aliphatic carboxylic acids is 1. The fourth-order valence-corrected chi connectivity index (χ4v) is 3.71. The van der Waals surface area contributed by atoms with Crippen LogP contribution in [0, 0.1) is 5.41 Å². The van der Waals surface area contributed by atoms with Crippen molar-refractivity contribution in [2.45, 2.75) is 78.4 Å². The minimum absolute atomic E-state index is 0.0205. The van der Waals surface area contributed by atoms with Crippen LogP contribution in [0.2, 0.25) is 0 Å². The summed E-state index contributed by atoms with van der Waals surface area (Å²) in [5.41, 5.74) is -1.20. The molecular weight excluding hydrogens is 552 g/mol. The largest absolute Gasteiger partial charge is 0.481 e. The number of allylic oxidation sites excluding steroid dienone is 1. The number of esters is 2. The first-order valence-corrected chi connectivity index (χ1v) is 13.4. The lowest BCUT2D eigenvalue weighted by atomic mass is 9.88. The number of hydrogen-bond acceptors (Lipinski definition) is 9. The highest BCUT2D eigenvalue weighted by molar-refractivity contribution is 5.97. The molecule has 0 bridgehead atoms. The van der Waals surface area contributed by atoms with Crippen LogP contribution in [0.4, 0.5) is 5.69 Å². The first kappa shape index (κ1) is 35.5. The Morgan fingerprint density at radius 1 is 1.05 bits per heavy atom. The number of nitrogens with zero attached hydrogens (tertiary/aromatic N) is 1. The summed E-state index contributed by atoms with van der Waals surface area (Å²) in [7, 11) is 1.21. The molecule has 2 atom stereocenters. The molecule has 232 valence electrons. The van der Waals surface area contributed by atoms with Crippen LogP contribution < -0.4 is 21.5 Å². The lowest BCUT2D eigenvalue weighted by Gasteiger charge is -2.25. The minimum atomic E-state index is -1.19. The SMILES string of the molecule is CCOC(=O)C=CCCC(NC(=O)CCC(=O)O)C(=O)Nc1cccn(CC(=O)NC(CC(C)(C)C)C(=O)OC)c1=O. The van der Waals surface area contributed by atoms with E-state index >= 15 is 0 Å². The van der Waals surface area contributed by atoms with E-state index in [4.69, 9.17) is 14.6 Å². The van der Waals surface area contributed by atoms with Crippen LogP contribution in [0.5, 0.6) is 0 Å². The van der Waals surface area contributed by atoms with Crippen molar-refractivity contribution >= 4 is 41.3 Å². The number of rotatable bonds is 16. The molecule has 0 spiro atoms. The number of hydrogen-bond donors (Lipinski definition) is 4. The number of carboxylic acid groups (broad SMARTS) is 1. The number of aromatic nitrogens is 1. The van der Waals surface area contributed by atoms with Crippen LogP contribution in [0.25, 0.3) is 0 Å². The van der Waals surface area contributed by atoms with Gasteiger partial charge in [0.05, 0.1) is 20.1 Å². The Balaban J connectivity index is 3.03. The standard InChI is InChI=1S/C28H40N4O10/c1-6-42-24(37)12-8-7-10-18(29-21(33)13-14-23(35)36)25(38)31-19-11-9-15-32(26(19)39)17-22(34)30-20(27(40)41-5)16-28(2,3)4/h8-9,11-12,15,18,20H,6-7,10,13-14,16-17H2,1-5H3,(H,29,33)(H,30,34)(H,31,38)(H,35,36). The number of amides is 3. The summed E-state index contributed by atoms with van der Waals surface area (Å²) in [6.07, 6.45) is 3.64. The number of carbonyl (C=O) groups excluding carboxylic acids is 5. The van der Waals surface area contributed by atoms with Crippen molar-refractivity contribution in [3.8, 4) is 0 Å². The Labute approximate surface area is 243 Å². The Kier molecular flexibility index (Phi) is 14.7. The molecule has 1 heterocycles. The Morgan fingerprint density at radius 2 is 1.71 bits per heavy atom. The summed E-state index contributed by atoms with van der Waals surface area (Å²) in [4.78, 5) is 85.5. The fraction of sp³-hybridized carbons (Fsp3) is 0.536. The van der Waals surface area contributed by atoms with E-state index in [9.17, 15) is 33.6 Å². The second-order valence-corrected chi connectivity index (χ2v) is 10.5. The highest BCUT2D eigenvalue weighted by atomic mass is 16.5. The van der Waals surface area contributed by atoms with Gasteiger partial charge < -0.3 is 35.1 Å². The summed E-state index contributed by atoms with van der Waals surface area (Å²) in [5.74, 6) is -4.47. The van der Waals surface area contributed by atoms with E-state index in [-0.39, 0.29) is 37.0 Å². The number of pyridine rings is 1. The summed E-state index contributed by atoms with van der Waals surface area (Å²) >= 11 is 0. The first-order chi connectivity index (χ1) is 19.7. The highest BCUT2D eigenvalue weighted by Gasteiger charge is 2.27. The minimum Gasteiger partial charge on any atom is -0.481 e. The predicted octanol–water partition coefficient (Wildman–Crippen LogP) is 1.13. The van der Waals surface area contributed by atoms with Crippen LogP contribution in [0.15, 0.2) is 35.3 Å². The molecule has 14 nitrogen and oxygen atoms in total. The van der Waals surface area contributed by atoms with Crippen molar-refractivity contribution < 1.29 is 43.3 Å². The fourth-order valence-electron chi connectivity index (χ4n) is 3.71. The zero-order chi connectivity index (χ0) is 31.9. The Morgan fingerprint density at radius 3 is 2.31 bits per heavy atom. The molecule has 2 unspecified atom stereocenters. The van der Waals surface area contributed by atoms with Crippen LogP contribution in [-0.4, -0.2) is 71.1 Å². The number of nitrogens with one attached hydrogen (secondary N) is 3. The van der Waals surface area contributed by atoms with Gasteiger partial charge >= 0.3 is 17.9 Å². The topological polar surface area (TPSA) is 199 Å². The average Bonchev–Trinajstić information content (AvgIpc) is 2.89. The summed E-state index contributed by atoms with van der Waals surface area (Å²) in [6, 6.07) is 0.645. The van der Waals surface area contributed by atoms with Gasteiger partial charge in [-0.15, -0.1) is 0 Å². The van der Waals surface area contributed by atoms with Crippen molar-refractivity contribution in [3.63, 3.8) is 0 Å². The summed E-state index contributed by atoms with van der Waals surface area (Å²) < 4.78 is 10.6. The van der Waals surface area contributed by atoms with E-state index in [0.717, 1.165) is 4.57 Å². The van der Waals surface area contributed by atoms with Crippen molar-refractivity contribution in [2.24, 2.45) is 5.41 Å². The molecule has 0 radical (unpaired) electrons. The predicted molar refractivity (Wildman–Crippen MR) is 151 cm³/mol. The van der Waals surface area contributed by atoms with E-state index in [1.165, 1.54) is 37.6 Å². The lowest BCUT2D eigenvalue weighted by Crippen LogP contribution is -2.46. The number of carboxylic acids is 1. The number of methoxy groups -OCH3 is 1. The normalized spacial score (nSPS) is 12.6. The van der Waals surface area contributed by atoms with Gasteiger partial charge in [-0.1, -0.05) is 26.8 Å². The molecule has 3 amide bonds. The maximum absolute atomic E-state index is 13.1. The van der Waals surface area contributed by atoms with Crippen LogP contribution >= 0.6 is 0 Å². The summed E-state index contributed by atoms with van der Waals surface area (Å²) in [5, 5.41) is 16.3. The molecule has 1 rings (SSSR count). The second-order valence-electron chi connectivity index (χ2n) is 10.5. The van der Waals surface area contributed by atoms with Gasteiger partial charge in [0.15, 0.2) is 0 Å². The van der Waals surface area contributed by atoms with E-state index in [0.29, 0.717) is 6.42 Å². The molecule has 0 aliphatic rings. The van der Waals surface area contributed by atoms with Crippen molar-refractivity contribution in [3.05, 3.63) is 40.8 Å². The Hall–Kier alpha value is -4.49. The van der Waals surface area contributed by atoms with Crippen molar-refractivity contribution in [2.75, 3.05) is 19.0 Å². The van der Waals surface area contributed by atoms with Crippen molar-refractivity contribution in [1.82, 2.24) is 15.2 Å². The molecule has 0 aliphatic heterocycles. The maximum atomic E-state index is 13.1. The molecular formula is C28H40N4O10. The van der Waals surface area contributed by atoms with Crippen LogP contribution in [-0.2, 0) is 44.8 Å². The van der Waals surface area contributed by atoms with E-state index in [1.807, 2.05) is 20.8 Å². The average molecular weight is 593 g/mol. The second kappa shape index (κ2) is 17.4. The van der Waals surface area contributed by atoms with Crippen LogP contribution in [0.1, 0.15) is 59.8 Å². The van der Waals surface area contributed by atoms with Gasteiger partial charge in [-0.3, -0.25) is 24.0 Å². The van der Waals surface area contributed by atoms with Gasteiger partial charge in [0, 0.05) is 18.7 Å². The van der Waals surface area contributed by atoms with Gasteiger partial charge in [0.2, 0.25) is 17.7 Å². The van der Waals surface area contributed by atoms with E-state index in [1.54, 1.807) is 6.92 Å². The third-order valence-electron chi connectivity index (χ3n) is 5.61. The molecule has 42 heavy (non-hydrogen) atoms. The third-order valence-corrected chi connectivity index (χ3v) is 5.61. The van der Waals surface area contributed by atoms with Gasteiger partial charge in [-0.2, -0.15) is 0 Å². The quantitative estimate of drug-likeness (QED) is 0.159. The highest BCUT2D eigenvalue weighted by Crippen LogP contribution is 2.21. The number of anilines is 1. The maximum Gasteiger partial charge on any atom is 0.330 e. The molecule has 0 fully saturated rings. The molecule has 0 saturated heterocycles. The smallest absolute Gasteiger partial charge is 0.330 e. The molecule has 0 aromatic carbocycles. The zero-order valence-corrected chi connectivity index (χ0v) is 24.6. The van der Waals surface area contributed by atoms with Gasteiger partial charge in [-0.25, -0.2) is 9.59 Å². The van der Waals surface area contributed by atoms with E-state index < -0.39 is 66.2 Å². The third kappa shape index (κ3) is 13.7. The summed E-state index contributed by atoms with van der Waals surface area (Å²) in [6.45, 7) is 7.06. The first-order valence-electron chi connectivity index (χ1n) is 13.4. The lowest BCUT2D eigenvalue weighted by molar-refractivity contribution is -0.146. The molecule has 1 aromatic heterocycles. The molecule has 0 saturated carbocycles. The van der Waals surface area contributed by atoms with Crippen molar-refractivity contribution in [1.29, 1.82) is 0 Å². The zero-order valence-electron chi connectivity index (χ0n) is 24.6. The van der Waals surface area contributed by atoms with Gasteiger partial charge in [0.1, 0.15) is 24.3 Å². The molecule has 1 aromatic rings. The Bertz CT molecular complexity index is 1220.